The van der Waals surface area contributed by atoms with E-state index in [1.54, 1.807) is 0 Å². The Hall–Kier alpha value is -1.94. The topological polar surface area (TPSA) is 93.2 Å². The van der Waals surface area contributed by atoms with Crippen molar-refractivity contribution in [3.05, 3.63) is 39.4 Å². The molecular weight excluding hydrogens is 304 g/mol. The first-order valence-electron chi connectivity index (χ1n) is 4.89. The van der Waals surface area contributed by atoms with Crippen LogP contribution in [0.3, 0.4) is 0 Å². The summed E-state index contributed by atoms with van der Waals surface area (Å²) >= 11 is 3.10. The van der Waals surface area contributed by atoms with E-state index in [9.17, 15) is 14.9 Å². The van der Waals surface area contributed by atoms with E-state index in [-0.39, 0.29) is 17.7 Å². The van der Waals surface area contributed by atoms with Gasteiger partial charge in [0.2, 0.25) is 0 Å². The van der Waals surface area contributed by atoms with Crippen LogP contribution in [0, 0.1) is 21.4 Å². The van der Waals surface area contributed by atoms with E-state index in [2.05, 4.69) is 20.7 Å². The van der Waals surface area contributed by atoms with Gasteiger partial charge in [-0.1, -0.05) is 22.0 Å². The lowest BCUT2D eigenvalue weighted by Crippen LogP contribution is -2.18. The van der Waals surface area contributed by atoms with Crippen molar-refractivity contribution in [1.29, 1.82) is 5.26 Å². The number of esters is 1. The third kappa shape index (κ3) is 3.28. The second kappa shape index (κ2) is 6.12. The molecule has 0 bridgehead atoms. The monoisotopic (exact) mass is 312 g/mol. The molecule has 1 aromatic carbocycles. The maximum atomic E-state index is 11.2. The number of rotatable bonds is 4. The second-order valence-corrected chi connectivity index (χ2v) is 4.51. The van der Waals surface area contributed by atoms with Crippen LogP contribution in [-0.2, 0) is 16.0 Å². The smallest absolute Gasteiger partial charge is 0.319 e. The fourth-order valence-corrected chi connectivity index (χ4v) is 1.92. The van der Waals surface area contributed by atoms with Gasteiger partial charge in [-0.05, 0) is 6.07 Å². The fraction of sp³-hybridized carbons (Fsp3) is 0.273. The zero-order valence-electron chi connectivity index (χ0n) is 9.42. The SMILES string of the molecule is COC(=O)C(Br)Cc1ccc(C#N)cc1[N+](=O)[O-]. The average molecular weight is 313 g/mol. The zero-order valence-corrected chi connectivity index (χ0v) is 11.0. The number of nitriles is 1. The first-order valence-corrected chi connectivity index (χ1v) is 5.80. The van der Waals surface area contributed by atoms with Crippen molar-refractivity contribution in [2.45, 2.75) is 11.2 Å². The highest BCUT2D eigenvalue weighted by Crippen LogP contribution is 2.23. The van der Waals surface area contributed by atoms with Crippen LogP contribution in [-0.4, -0.2) is 22.8 Å². The largest absolute Gasteiger partial charge is 0.468 e. The van der Waals surface area contributed by atoms with E-state index in [4.69, 9.17) is 5.26 Å². The average Bonchev–Trinajstić information content (AvgIpc) is 2.37. The molecule has 0 aliphatic carbocycles. The Morgan fingerprint density at radius 3 is 2.83 bits per heavy atom. The quantitative estimate of drug-likeness (QED) is 0.366. The maximum absolute atomic E-state index is 11.2. The Morgan fingerprint density at radius 1 is 1.67 bits per heavy atom. The number of ether oxygens (including phenoxy) is 1. The summed E-state index contributed by atoms with van der Waals surface area (Å²) in [5.74, 6) is -0.506. The minimum absolute atomic E-state index is 0.120. The van der Waals surface area contributed by atoms with Crippen LogP contribution in [0.25, 0.3) is 0 Å². The first kappa shape index (κ1) is 14.1. The number of methoxy groups -OCH3 is 1. The van der Waals surface area contributed by atoms with E-state index in [0.717, 1.165) is 0 Å². The number of benzene rings is 1. The van der Waals surface area contributed by atoms with Gasteiger partial charge in [0.25, 0.3) is 5.69 Å². The molecule has 7 heteroatoms. The minimum Gasteiger partial charge on any atom is -0.468 e. The number of hydrogen-bond acceptors (Lipinski definition) is 5. The first-order chi connectivity index (χ1) is 8.49. The fourth-order valence-electron chi connectivity index (χ4n) is 1.38. The molecule has 0 fully saturated rings. The molecule has 1 rings (SSSR count). The molecule has 1 aromatic rings. The van der Waals surface area contributed by atoms with Crippen molar-refractivity contribution in [1.82, 2.24) is 0 Å². The van der Waals surface area contributed by atoms with Crippen LogP contribution in [0.1, 0.15) is 11.1 Å². The summed E-state index contributed by atoms with van der Waals surface area (Å²) in [5.41, 5.74) is 0.392. The van der Waals surface area contributed by atoms with Crippen LogP contribution in [0.15, 0.2) is 18.2 Å². The second-order valence-electron chi connectivity index (χ2n) is 3.41. The molecule has 0 aliphatic rings. The van der Waals surface area contributed by atoms with E-state index in [1.165, 1.54) is 25.3 Å². The number of carbonyl (C=O) groups excluding carboxylic acids is 1. The molecule has 0 aliphatic heterocycles. The summed E-state index contributed by atoms with van der Waals surface area (Å²) in [6.45, 7) is 0. The number of hydrogen-bond donors (Lipinski definition) is 0. The van der Waals surface area contributed by atoms with Crippen molar-refractivity contribution in [2.24, 2.45) is 0 Å². The van der Waals surface area contributed by atoms with Gasteiger partial charge in [0.1, 0.15) is 4.83 Å². The summed E-state index contributed by atoms with van der Waals surface area (Å²) in [6.07, 6.45) is 0.120. The summed E-state index contributed by atoms with van der Waals surface area (Å²) in [5, 5.41) is 19.6. The summed E-state index contributed by atoms with van der Waals surface area (Å²) in [7, 11) is 1.24. The molecule has 1 atom stereocenters. The Bertz CT molecular complexity index is 524. The molecule has 0 heterocycles. The Labute approximate surface area is 111 Å². The van der Waals surface area contributed by atoms with Crippen LogP contribution in [0.5, 0.6) is 0 Å². The number of alkyl halides is 1. The molecular formula is C11H9BrN2O4. The van der Waals surface area contributed by atoms with Crippen LogP contribution < -0.4 is 0 Å². The molecule has 0 N–H and O–H groups in total. The van der Waals surface area contributed by atoms with Gasteiger partial charge in [0.05, 0.1) is 23.7 Å². The van der Waals surface area contributed by atoms with Crippen molar-refractivity contribution < 1.29 is 14.5 Å². The van der Waals surface area contributed by atoms with Gasteiger partial charge in [-0.2, -0.15) is 5.26 Å². The van der Waals surface area contributed by atoms with Crippen molar-refractivity contribution >= 4 is 27.6 Å². The summed E-state index contributed by atoms with van der Waals surface area (Å²) < 4.78 is 4.52. The Balaban J connectivity index is 3.06. The molecule has 0 aromatic heterocycles. The molecule has 18 heavy (non-hydrogen) atoms. The highest BCUT2D eigenvalue weighted by molar-refractivity contribution is 9.10. The Kier molecular flexibility index (Phi) is 4.80. The Morgan fingerprint density at radius 2 is 2.33 bits per heavy atom. The highest BCUT2D eigenvalue weighted by Gasteiger charge is 2.22. The van der Waals surface area contributed by atoms with Crippen LogP contribution in [0.4, 0.5) is 5.69 Å². The summed E-state index contributed by atoms with van der Waals surface area (Å²) in [4.78, 5) is 20.9. The van der Waals surface area contributed by atoms with Crippen molar-refractivity contribution in [2.75, 3.05) is 7.11 Å². The van der Waals surface area contributed by atoms with Gasteiger partial charge >= 0.3 is 5.97 Å². The normalized spacial score (nSPS) is 11.4. The lowest BCUT2D eigenvalue weighted by atomic mass is 10.1. The van der Waals surface area contributed by atoms with Crippen molar-refractivity contribution in [3.63, 3.8) is 0 Å². The van der Waals surface area contributed by atoms with Gasteiger partial charge in [-0.15, -0.1) is 0 Å². The minimum atomic E-state index is -0.658. The standard InChI is InChI=1S/C11H9BrN2O4/c1-18-11(15)9(12)5-8-3-2-7(6-13)4-10(8)14(16)17/h2-4,9H,5H2,1H3. The van der Waals surface area contributed by atoms with Gasteiger partial charge in [0, 0.05) is 18.1 Å². The number of nitro benzene ring substituents is 1. The molecule has 1 unspecified atom stereocenters. The van der Waals surface area contributed by atoms with E-state index >= 15 is 0 Å². The lowest BCUT2D eigenvalue weighted by Gasteiger charge is -2.08. The molecule has 0 spiro atoms. The third-order valence-electron chi connectivity index (χ3n) is 2.27. The molecule has 0 saturated carbocycles. The molecule has 0 radical (unpaired) electrons. The van der Waals surface area contributed by atoms with E-state index in [1.807, 2.05) is 6.07 Å². The van der Waals surface area contributed by atoms with E-state index < -0.39 is 15.7 Å². The van der Waals surface area contributed by atoms with Crippen LogP contribution >= 0.6 is 15.9 Å². The molecule has 94 valence electrons. The van der Waals surface area contributed by atoms with Crippen molar-refractivity contribution in [3.8, 4) is 6.07 Å². The third-order valence-corrected chi connectivity index (χ3v) is 2.96. The highest BCUT2D eigenvalue weighted by atomic mass is 79.9. The van der Waals surface area contributed by atoms with Gasteiger partial charge in [0.15, 0.2) is 0 Å². The predicted molar refractivity (Wildman–Crippen MR) is 66.2 cm³/mol. The number of carbonyl (C=O) groups is 1. The van der Waals surface area contributed by atoms with Gasteiger partial charge in [-0.25, -0.2) is 0 Å². The van der Waals surface area contributed by atoms with Gasteiger partial charge < -0.3 is 4.74 Å². The van der Waals surface area contributed by atoms with E-state index in [0.29, 0.717) is 5.56 Å². The molecule has 0 saturated heterocycles. The number of nitro groups is 1. The maximum Gasteiger partial charge on any atom is 0.319 e. The zero-order chi connectivity index (χ0) is 13.7. The summed E-state index contributed by atoms with van der Waals surface area (Å²) in [6, 6.07) is 5.95. The molecule has 0 amide bonds. The van der Waals surface area contributed by atoms with Gasteiger partial charge in [-0.3, -0.25) is 14.9 Å². The number of halogens is 1. The van der Waals surface area contributed by atoms with Crippen LogP contribution in [0.2, 0.25) is 0 Å². The molecule has 6 nitrogen and oxygen atoms in total. The predicted octanol–water partition coefficient (Wildman–Crippen LogP) is 1.95. The number of nitrogens with zero attached hydrogens (tertiary/aromatic N) is 2. The lowest BCUT2D eigenvalue weighted by molar-refractivity contribution is -0.385.